The fourth-order valence-electron chi connectivity index (χ4n) is 5.96. The van der Waals surface area contributed by atoms with E-state index in [9.17, 15) is 9.59 Å². The number of nitrogens with one attached hydrogen (secondary N) is 1. The topological polar surface area (TPSA) is 77.1 Å². The number of hydrogen-bond acceptors (Lipinski definition) is 6. The summed E-state index contributed by atoms with van der Waals surface area (Å²) in [5, 5.41) is 2.97. The molecule has 3 aromatic rings. The van der Waals surface area contributed by atoms with E-state index in [0.717, 1.165) is 55.0 Å². The molecule has 3 atom stereocenters. The molecule has 0 bridgehead atoms. The lowest BCUT2D eigenvalue weighted by molar-refractivity contribution is -0.155. The molecule has 3 aromatic carbocycles. The Morgan fingerprint density at radius 2 is 1.61 bits per heavy atom. The smallest absolute Gasteiger partial charge is 0.411 e. The van der Waals surface area contributed by atoms with Crippen molar-refractivity contribution in [1.82, 2.24) is 4.90 Å². The van der Waals surface area contributed by atoms with Gasteiger partial charge in [0.2, 0.25) is 0 Å². The van der Waals surface area contributed by atoms with Crippen molar-refractivity contribution in [3.8, 4) is 16.9 Å². The highest BCUT2D eigenvalue weighted by Gasteiger charge is 2.42. The molecular weight excluding hydrogens is 552 g/mol. The molecule has 1 unspecified atom stereocenters. The Morgan fingerprint density at radius 3 is 2.30 bits per heavy atom. The Bertz CT molecular complexity index is 1370. The van der Waals surface area contributed by atoms with Gasteiger partial charge in [0.15, 0.2) is 0 Å². The zero-order valence-corrected chi connectivity index (χ0v) is 26.5. The van der Waals surface area contributed by atoms with Crippen molar-refractivity contribution in [2.24, 2.45) is 11.8 Å². The largest absolute Gasteiger partial charge is 0.493 e. The summed E-state index contributed by atoms with van der Waals surface area (Å²) in [6.07, 6.45) is 3.31. The van der Waals surface area contributed by atoms with Crippen molar-refractivity contribution in [3.63, 3.8) is 0 Å². The second-order valence-electron chi connectivity index (χ2n) is 12.5. The number of rotatable bonds is 9. The Kier molecular flexibility index (Phi) is 11.6. The minimum Gasteiger partial charge on any atom is -0.493 e. The van der Waals surface area contributed by atoms with E-state index < -0.39 is 11.7 Å². The van der Waals surface area contributed by atoms with Crippen LogP contribution in [0.4, 0.5) is 10.5 Å². The quantitative estimate of drug-likeness (QED) is 0.198. The lowest BCUT2D eigenvalue weighted by Gasteiger charge is -2.20. The van der Waals surface area contributed by atoms with Gasteiger partial charge in [-0.15, -0.1) is 6.58 Å². The van der Waals surface area contributed by atoms with Crippen LogP contribution in [0.25, 0.3) is 11.1 Å². The van der Waals surface area contributed by atoms with Gasteiger partial charge in [-0.05, 0) is 81.7 Å². The molecule has 1 aliphatic heterocycles. The van der Waals surface area contributed by atoms with Crippen LogP contribution in [0.15, 0.2) is 91.5 Å². The predicted octanol–water partition coefficient (Wildman–Crippen LogP) is 8.12. The molecule has 1 saturated heterocycles. The number of allylic oxidation sites excluding steroid dienone is 1. The van der Waals surface area contributed by atoms with Gasteiger partial charge in [0.05, 0.1) is 18.7 Å². The summed E-state index contributed by atoms with van der Waals surface area (Å²) in [4.78, 5) is 27.2. The molecule has 1 aliphatic carbocycles. The molecule has 1 N–H and O–H groups in total. The first kappa shape index (κ1) is 32.8. The van der Waals surface area contributed by atoms with Crippen LogP contribution in [0.1, 0.15) is 52.5 Å². The summed E-state index contributed by atoms with van der Waals surface area (Å²) in [6.45, 7) is 14.0. The molecule has 1 amide bonds. The van der Waals surface area contributed by atoms with Crippen molar-refractivity contribution >= 4 is 17.7 Å². The molecule has 7 heteroatoms. The van der Waals surface area contributed by atoms with Crippen LogP contribution in [0.5, 0.6) is 5.75 Å². The first-order chi connectivity index (χ1) is 21.1. The fraction of sp³-hybridized carbons (Fsp3) is 0.405. The van der Waals surface area contributed by atoms with Crippen molar-refractivity contribution in [1.29, 1.82) is 0 Å². The summed E-state index contributed by atoms with van der Waals surface area (Å²) in [6, 6.07) is 25.9. The van der Waals surface area contributed by atoms with Crippen molar-refractivity contribution < 1.29 is 23.8 Å². The average molecular weight is 599 g/mol. The molecule has 2 aliphatic rings. The zero-order chi connectivity index (χ0) is 31.5. The number of likely N-dealkylation sites (tertiary alicyclic amines) is 1. The standard InChI is InChI=1S/C34H40N2O5.C3H6/c1-34(2,3)41-32(37)16-17-39-28-13-9-10-24(18-28)21-36-22-26-19-29(20-27(26)23-36)40-33(38)35-31-15-8-7-14-30(31)25-11-5-4-6-12-25;1-3-2/h4-15,18,26-27,29H,16-17,19-23H2,1-3H3,(H,35,38);3H,1H2,2H3/t26-,27+,29?;. The first-order valence-electron chi connectivity index (χ1n) is 15.5. The number of para-hydroxylation sites is 1. The lowest BCUT2D eigenvalue weighted by Crippen LogP contribution is -2.25. The monoisotopic (exact) mass is 598 g/mol. The van der Waals surface area contributed by atoms with Crippen molar-refractivity contribution in [2.45, 2.75) is 65.2 Å². The number of benzene rings is 3. The van der Waals surface area contributed by atoms with Gasteiger partial charge in [-0.3, -0.25) is 15.0 Å². The molecule has 5 rings (SSSR count). The Morgan fingerprint density at radius 1 is 0.955 bits per heavy atom. The molecular formula is C37H46N2O5. The second-order valence-corrected chi connectivity index (χ2v) is 12.5. The predicted molar refractivity (Wildman–Crippen MR) is 176 cm³/mol. The van der Waals surface area contributed by atoms with Gasteiger partial charge in [0.25, 0.3) is 0 Å². The lowest BCUT2D eigenvalue weighted by atomic mass is 10.0. The molecule has 44 heavy (non-hydrogen) atoms. The van der Waals surface area contributed by atoms with Crippen molar-refractivity contribution in [3.05, 3.63) is 97.1 Å². The van der Waals surface area contributed by atoms with Crippen LogP contribution in [-0.4, -0.2) is 48.4 Å². The van der Waals surface area contributed by atoms with Crippen LogP contribution >= 0.6 is 0 Å². The molecule has 7 nitrogen and oxygen atoms in total. The van der Waals surface area contributed by atoms with Crippen LogP contribution in [0.3, 0.4) is 0 Å². The second kappa shape index (κ2) is 15.6. The third-order valence-corrected chi connectivity index (χ3v) is 7.61. The number of carbonyl (C=O) groups excluding carboxylic acids is 2. The number of carbonyl (C=O) groups is 2. The highest BCUT2D eigenvalue weighted by molar-refractivity contribution is 5.91. The van der Waals surface area contributed by atoms with Crippen LogP contribution in [0, 0.1) is 11.8 Å². The molecule has 1 saturated carbocycles. The first-order valence-corrected chi connectivity index (χ1v) is 15.5. The number of ether oxygens (including phenoxy) is 3. The van der Waals surface area contributed by atoms with Crippen LogP contribution in [0.2, 0.25) is 0 Å². The number of esters is 1. The Balaban J connectivity index is 0.00000141. The highest BCUT2D eigenvalue weighted by Crippen LogP contribution is 2.40. The number of anilines is 1. The van der Waals surface area contributed by atoms with E-state index in [0.29, 0.717) is 18.4 Å². The number of nitrogens with zero attached hydrogens (tertiary/aromatic N) is 1. The number of amides is 1. The summed E-state index contributed by atoms with van der Waals surface area (Å²) >= 11 is 0. The maximum atomic E-state index is 12.8. The SMILES string of the molecule is C=CC.CC(C)(C)OC(=O)CCOc1cccc(CN2C[C@H]3CC(OC(=O)Nc4ccccc4-c4ccccc4)C[C@H]3C2)c1. The summed E-state index contributed by atoms with van der Waals surface area (Å²) in [5.74, 6) is 1.56. The van der Waals surface area contributed by atoms with E-state index in [1.807, 2.05) is 100 Å². The average Bonchev–Trinajstić information content (AvgIpc) is 3.51. The van der Waals surface area contributed by atoms with E-state index in [4.69, 9.17) is 14.2 Å². The van der Waals surface area contributed by atoms with Crippen LogP contribution in [-0.2, 0) is 20.8 Å². The van der Waals surface area contributed by atoms with Crippen LogP contribution < -0.4 is 10.1 Å². The molecule has 2 fully saturated rings. The van der Waals surface area contributed by atoms with Crippen molar-refractivity contribution in [2.75, 3.05) is 25.0 Å². The fourth-order valence-corrected chi connectivity index (χ4v) is 5.96. The van der Waals surface area contributed by atoms with E-state index in [-0.39, 0.29) is 18.5 Å². The van der Waals surface area contributed by atoms with E-state index >= 15 is 0 Å². The maximum Gasteiger partial charge on any atom is 0.411 e. The summed E-state index contributed by atoms with van der Waals surface area (Å²) < 4.78 is 17.0. The number of hydrogen-bond donors (Lipinski definition) is 1. The highest BCUT2D eigenvalue weighted by atomic mass is 16.6. The minimum atomic E-state index is -0.488. The normalized spacial score (nSPS) is 19.2. The number of fused-ring (bicyclic) bond motifs is 1. The third kappa shape index (κ3) is 9.98. The van der Waals surface area contributed by atoms with E-state index in [1.165, 1.54) is 5.56 Å². The van der Waals surface area contributed by atoms with Gasteiger partial charge in [0.1, 0.15) is 17.5 Å². The van der Waals surface area contributed by atoms with Gasteiger partial charge in [-0.25, -0.2) is 4.79 Å². The molecule has 0 radical (unpaired) electrons. The molecule has 0 aromatic heterocycles. The van der Waals surface area contributed by atoms with E-state index in [2.05, 4.69) is 22.9 Å². The molecule has 0 spiro atoms. The van der Waals surface area contributed by atoms with Gasteiger partial charge < -0.3 is 14.2 Å². The summed E-state index contributed by atoms with van der Waals surface area (Å²) in [5.41, 5.74) is 3.48. The Hall–Kier alpha value is -4.10. The van der Waals surface area contributed by atoms with E-state index in [1.54, 1.807) is 6.08 Å². The van der Waals surface area contributed by atoms with Gasteiger partial charge in [-0.2, -0.15) is 0 Å². The molecule has 234 valence electrons. The Labute approximate surface area is 262 Å². The third-order valence-electron chi connectivity index (χ3n) is 7.61. The van der Waals surface area contributed by atoms with Gasteiger partial charge in [0, 0.05) is 25.2 Å². The summed E-state index contributed by atoms with van der Waals surface area (Å²) in [7, 11) is 0. The van der Waals surface area contributed by atoms with Gasteiger partial charge >= 0.3 is 12.1 Å². The molecule has 1 heterocycles. The minimum absolute atomic E-state index is 0.0576. The van der Waals surface area contributed by atoms with Gasteiger partial charge in [-0.1, -0.05) is 66.7 Å². The zero-order valence-electron chi connectivity index (χ0n) is 26.5. The maximum absolute atomic E-state index is 12.8.